The summed E-state index contributed by atoms with van der Waals surface area (Å²) in [7, 11) is -1.95. The second-order valence-corrected chi connectivity index (χ2v) is 5.96. The zero-order chi connectivity index (χ0) is 12.3. The van der Waals surface area contributed by atoms with Gasteiger partial charge in [0.1, 0.15) is 0 Å². The second kappa shape index (κ2) is 5.12. The molecule has 0 fully saturated rings. The van der Waals surface area contributed by atoms with Gasteiger partial charge in [-0.15, -0.1) is 11.6 Å². The molecular weight excluding hydrogens is 248 g/mol. The molecule has 1 aromatic heterocycles. The molecular formula is C10H15ClN2O2S. The molecule has 1 aromatic rings. The van der Waals surface area contributed by atoms with E-state index < -0.39 is 10.0 Å². The van der Waals surface area contributed by atoms with E-state index in [-0.39, 0.29) is 11.1 Å². The molecule has 0 bridgehead atoms. The largest absolute Gasteiger partial charge is 0.260 e. The van der Waals surface area contributed by atoms with Gasteiger partial charge in [0.15, 0.2) is 5.03 Å². The van der Waals surface area contributed by atoms with Gasteiger partial charge in [-0.05, 0) is 25.5 Å². The van der Waals surface area contributed by atoms with Crippen LogP contribution in [0.4, 0.5) is 0 Å². The lowest BCUT2D eigenvalue weighted by molar-refractivity contribution is 0.408. The molecule has 6 heteroatoms. The molecule has 1 rings (SSSR count). The maximum absolute atomic E-state index is 12.0. The van der Waals surface area contributed by atoms with Gasteiger partial charge in [0.25, 0.3) is 10.0 Å². The fraction of sp³-hybridized carbons (Fsp3) is 0.500. The zero-order valence-corrected chi connectivity index (χ0v) is 11.1. The quantitative estimate of drug-likeness (QED) is 0.778. The molecule has 0 aliphatic rings. The first-order valence-corrected chi connectivity index (χ1v) is 6.86. The molecule has 0 aliphatic heterocycles. The lowest BCUT2D eigenvalue weighted by Gasteiger charge is -2.20. The van der Waals surface area contributed by atoms with Crippen LogP contribution in [0.2, 0.25) is 0 Å². The first kappa shape index (κ1) is 13.4. The highest BCUT2D eigenvalue weighted by atomic mass is 35.5. The summed E-state index contributed by atoms with van der Waals surface area (Å²) < 4.78 is 25.3. The van der Waals surface area contributed by atoms with E-state index in [1.54, 1.807) is 6.07 Å². The standard InChI is InChI=1S/C10H15ClN2O2S/c1-8(2)13(3)16(14,15)10-5-4-9(6-11)7-12-10/h4-5,7-8H,6H2,1-3H3. The highest BCUT2D eigenvalue weighted by Gasteiger charge is 2.23. The van der Waals surface area contributed by atoms with E-state index in [0.29, 0.717) is 5.88 Å². The van der Waals surface area contributed by atoms with E-state index >= 15 is 0 Å². The number of pyridine rings is 1. The summed E-state index contributed by atoms with van der Waals surface area (Å²) in [6, 6.07) is 3.05. The summed E-state index contributed by atoms with van der Waals surface area (Å²) in [5.74, 6) is 0.327. The number of rotatable bonds is 4. The summed E-state index contributed by atoms with van der Waals surface area (Å²) in [5, 5.41) is 0.0533. The van der Waals surface area contributed by atoms with Gasteiger partial charge in [-0.25, -0.2) is 13.4 Å². The van der Waals surface area contributed by atoms with Crippen LogP contribution in [-0.4, -0.2) is 30.8 Å². The van der Waals surface area contributed by atoms with Crippen LogP contribution < -0.4 is 0 Å². The van der Waals surface area contributed by atoms with Gasteiger partial charge in [0.05, 0.1) is 0 Å². The SMILES string of the molecule is CC(C)N(C)S(=O)(=O)c1ccc(CCl)cn1. The predicted octanol–water partition coefficient (Wildman–Crippen LogP) is 1.85. The predicted molar refractivity (Wildman–Crippen MR) is 63.9 cm³/mol. The third kappa shape index (κ3) is 2.72. The van der Waals surface area contributed by atoms with E-state index in [0.717, 1.165) is 5.56 Å². The summed E-state index contributed by atoms with van der Waals surface area (Å²) in [4.78, 5) is 3.91. The van der Waals surface area contributed by atoms with Crippen molar-refractivity contribution in [2.24, 2.45) is 0 Å². The number of sulfonamides is 1. The van der Waals surface area contributed by atoms with Crippen LogP contribution in [-0.2, 0) is 15.9 Å². The van der Waals surface area contributed by atoms with Gasteiger partial charge in [-0.1, -0.05) is 6.07 Å². The minimum absolute atomic E-state index is 0.0533. The van der Waals surface area contributed by atoms with Crippen molar-refractivity contribution in [1.29, 1.82) is 0 Å². The fourth-order valence-corrected chi connectivity index (χ4v) is 2.50. The number of halogens is 1. The van der Waals surface area contributed by atoms with Gasteiger partial charge in [-0.2, -0.15) is 4.31 Å². The molecule has 0 amide bonds. The second-order valence-electron chi connectivity index (χ2n) is 3.75. The molecule has 0 radical (unpaired) electrons. The minimum atomic E-state index is -3.48. The van der Waals surface area contributed by atoms with Gasteiger partial charge in [0.2, 0.25) is 0 Å². The van der Waals surface area contributed by atoms with E-state index in [1.165, 1.54) is 23.6 Å². The van der Waals surface area contributed by atoms with Crippen molar-refractivity contribution < 1.29 is 8.42 Å². The Hall–Kier alpha value is -0.650. The molecule has 0 unspecified atom stereocenters. The van der Waals surface area contributed by atoms with Crippen LogP contribution in [0.15, 0.2) is 23.4 Å². The average molecular weight is 263 g/mol. The Labute approximate surface area is 101 Å². The van der Waals surface area contributed by atoms with Gasteiger partial charge < -0.3 is 0 Å². The maximum atomic E-state index is 12.0. The van der Waals surface area contributed by atoms with Gasteiger partial charge in [0, 0.05) is 25.2 Å². The molecule has 0 atom stereocenters. The Kier molecular flexibility index (Phi) is 4.29. The van der Waals surface area contributed by atoms with E-state index in [2.05, 4.69) is 4.98 Å². The normalized spacial score (nSPS) is 12.4. The van der Waals surface area contributed by atoms with Crippen molar-refractivity contribution in [3.63, 3.8) is 0 Å². The van der Waals surface area contributed by atoms with Gasteiger partial charge >= 0.3 is 0 Å². The monoisotopic (exact) mass is 262 g/mol. The van der Waals surface area contributed by atoms with Crippen LogP contribution in [0, 0.1) is 0 Å². The Morgan fingerprint density at radius 2 is 2.06 bits per heavy atom. The number of alkyl halides is 1. The lowest BCUT2D eigenvalue weighted by atomic mass is 10.3. The summed E-state index contributed by atoms with van der Waals surface area (Å²) in [6.07, 6.45) is 1.48. The molecule has 90 valence electrons. The highest BCUT2D eigenvalue weighted by molar-refractivity contribution is 7.89. The zero-order valence-electron chi connectivity index (χ0n) is 9.51. The molecule has 0 N–H and O–H groups in total. The van der Waals surface area contributed by atoms with Gasteiger partial charge in [-0.3, -0.25) is 0 Å². The van der Waals surface area contributed by atoms with Crippen molar-refractivity contribution >= 4 is 21.6 Å². The Bertz CT molecular complexity index is 442. The van der Waals surface area contributed by atoms with Crippen molar-refractivity contribution in [2.75, 3.05) is 7.05 Å². The molecule has 0 saturated heterocycles. The highest BCUT2D eigenvalue weighted by Crippen LogP contribution is 2.14. The first-order valence-electron chi connectivity index (χ1n) is 4.88. The van der Waals surface area contributed by atoms with E-state index in [1.807, 2.05) is 13.8 Å². The van der Waals surface area contributed by atoms with Crippen molar-refractivity contribution in [3.05, 3.63) is 23.9 Å². The first-order chi connectivity index (χ1) is 7.39. The number of hydrogen-bond donors (Lipinski definition) is 0. The van der Waals surface area contributed by atoms with Crippen molar-refractivity contribution in [1.82, 2.24) is 9.29 Å². The van der Waals surface area contributed by atoms with Crippen LogP contribution in [0.5, 0.6) is 0 Å². The third-order valence-electron chi connectivity index (χ3n) is 2.32. The topological polar surface area (TPSA) is 50.3 Å². The molecule has 16 heavy (non-hydrogen) atoms. The number of hydrogen-bond acceptors (Lipinski definition) is 3. The molecule has 1 heterocycles. The van der Waals surface area contributed by atoms with Crippen molar-refractivity contribution in [2.45, 2.75) is 30.8 Å². The summed E-state index contributed by atoms with van der Waals surface area (Å²) in [6.45, 7) is 3.62. The number of nitrogens with zero attached hydrogens (tertiary/aromatic N) is 2. The smallest absolute Gasteiger partial charge is 0.243 e. The van der Waals surface area contributed by atoms with E-state index in [4.69, 9.17) is 11.6 Å². The molecule has 0 spiro atoms. The Morgan fingerprint density at radius 1 is 1.44 bits per heavy atom. The summed E-state index contributed by atoms with van der Waals surface area (Å²) >= 11 is 5.61. The third-order valence-corrected chi connectivity index (χ3v) is 4.58. The molecule has 0 aliphatic carbocycles. The molecule has 4 nitrogen and oxygen atoms in total. The summed E-state index contributed by atoms with van der Waals surface area (Å²) in [5.41, 5.74) is 0.799. The molecule has 0 saturated carbocycles. The number of aromatic nitrogens is 1. The van der Waals surface area contributed by atoms with Crippen LogP contribution in [0.25, 0.3) is 0 Å². The average Bonchev–Trinajstić information content (AvgIpc) is 2.28. The van der Waals surface area contributed by atoms with Crippen LogP contribution in [0.3, 0.4) is 0 Å². The lowest BCUT2D eigenvalue weighted by Crippen LogP contribution is -2.33. The maximum Gasteiger partial charge on any atom is 0.260 e. The minimum Gasteiger partial charge on any atom is -0.243 e. The van der Waals surface area contributed by atoms with Crippen LogP contribution >= 0.6 is 11.6 Å². The fourth-order valence-electron chi connectivity index (χ4n) is 1.07. The Morgan fingerprint density at radius 3 is 2.44 bits per heavy atom. The van der Waals surface area contributed by atoms with E-state index in [9.17, 15) is 8.42 Å². The Balaban J connectivity index is 3.08. The van der Waals surface area contributed by atoms with Crippen LogP contribution in [0.1, 0.15) is 19.4 Å². The molecule has 0 aromatic carbocycles. The van der Waals surface area contributed by atoms with Crippen molar-refractivity contribution in [3.8, 4) is 0 Å².